The maximum atomic E-state index is 12.5. The van der Waals surface area contributed by atoms with E-state index in [4.69, 9.17) is 14.2 Å². The molecule has 0 amide bonds. The van der Waals surface area contributed by atoms with Gasteiger partial charge in [-0.3, -0.25) is 4.79 Å². The van der Waals surface area contributed by atoms with E-state index in [1.807, 2.05) is 0 Å². The molecule has 4 nitrogen and oxygen atoms in total. The minimum absolute atomic E-state index is 0.0332. The lowest BCUT2D eigenvalue weighted by molar-refractivity contribution is -0.273. The SMILES string of the molecule is CC[C@H](C)CC(=O)O[C@@H]1CC[C@@]2(C)[C@H](CC[C@H]3[C@H]4C[C@@H]5O[C@]6(CC[C@H](C)CO6)[C@@H](C)[C@H]5[C@@]4(C)CC[C@@H]32)C1. The highest BCUT2D eigenvalue weighted by atomic mass is 16.7. The largest absolute Gasteiger partial charge is 0.462 e. The van der Waals surface area contributed by atoms with E-state index >= 15 is 0 Å². The van der Waals surface area contributed by atoms with Crippen molar-refractivity contribution in [3.05, 3.63) is 0 Å². The third kappa shape index (κ3) is 4.16. The molecule has 4 aliphatic carbocycles. The Hall–Kier alpha value is -0.610. The first-order valence-electron chi connectivity index (χ1n) is 16.1. The Bertz CT molecular complexity index is 862. The number of carbonyl (C=O) groups is 1. The molecule has 0 aromatic carbocycles. The quantitative estimate of drug-likeness (QED) is 0.359. The van der Waals surface area contributed by atoms with E-state index in [9.17, 15) is 4.79 Å². The van der Waals surface area contributed by atoms with Crippen molar-refractivity contribution in [2.45, 2.75) is 137 Å². The summed E-state index contributed by atoms with van der Waals surface area (Å²) < 4.78 is 19.5. The molecule has 0 aromatic heterocycles. The summed E-state index contributed by atoms with van der Waals surface area (Å²) >= 11 is 0. The van der Waals surface area contributed by atoms with Crippen LogP contribution in [-0.2, 0) is 19.0 Å². The second kappa shape index (κ2) is 9.50. The normalized spacial score (nSPS) is 53.6. The summed E-state index contributed by atoms with van der Waals surface area (Å²) in [6.07, 6.45) is 14.6. The molecular weight excluding hydrogens is 460 g/mol. The lowest BCUT2D eigenvalue weighted by Crippen LogP contribution is -2.55. The third-order valence-corrected chi connectivity index (χ3v) is 13.4. The predicted molar refractivity (Wildman–Crippen MR) is 146 cm³/mol. The molecule has 4 heteroatoms. The highest BCUT2D eigenvalue weighted by Gasteiger charge is 2.69. The highest BCUT2D eigenvalue weighted by Crippen LogP contribution is 2.71. The number of carbonyl (C=O) groups excluding carboxylic acids is 1. The van der Waals surface area contributed by atoms with Gasteiger partial charge in [0.25, 0.3) is 0 Å². The van der Waals surface area contributed by atoms with Gasteiger partial charge in [0.2, 0.25) is 0 Å². The fourth-order valence-electron chi connectivity index (χ4n) is 11.0. The van der Waals surface area contributed by atoms with Crippen LogP contribution in [0.15, 0.2) is 0 Å². The van der Waals surface area contributed by atoms with Crippen LogP contribution in [0.2, 0.25) is 0 Å². The Labute approximate surface area is 226 Å². The van der Waals surface area contributed by atoms with E-state index in [1.54, 1.807) is 0 Å². The molecule has 1 spiro atoms. The monoisotopic (exact) mass is 514 g/mol. The summed E-state index contributed by atoms with van der Waals surface area (Å²) in [7, 11) is 0. The molecule has 0 radical (unpaired) electrons. The molecule has 2 heterocycles. The summed E-state index contributed by atoms with van der Waals surface area (Å²) in [5.74, 6) is 5.15. The zero-order valence-corrected chi connectivity index (χ0v) is 24.6. The van der Waals surface area contributed by atoms with Crippen molar-refractivity contribution in [2.24, 2.45) is 58.2 Å². The lowest BCUT2D eigenvalue weighted by atomic mass is 9.44. The lowest BCUT2D eigenvalue weighted by Gasteiger charge is -2.61. The zero-order valence-electron chi connectivity index (χ0n) is 24.6. The Kier molecular flexibility index (Phi) is 6.83. The summed E-state index contributed by atoms with van der Waals surface area (Å²) in [6.45, 7) is 15.2. The van der Waals surface area contributed by atoms with E-state index in [0.717, 1.165) is 50.0 Å². The average molecular weight is 515 g/mol. The fraction of sp³-hybridized carbons (Fsp3) is 0.970. The topological polar surface area (TPSA) is 44.8 Å². The van der Waals surface area contributed by atoms with Crippen LogP contribution >= 0.6 is 0 Å². The van der Waals surface area contributed by atoms with E-state index in [-0.39, 0.29) is 17.9 Å². The van der Waals surface area contributed by atoms with E-state index < -0.39 is 0 Å². The first-order chi connectivity index (χ1) is 17.6. The summed E-state index contributed by atoms with van der Waals surface area (Å²) in [4.78, 5) is 12.5. The predicted octanol–water partition coefficient (Wildman–Crippen LogP) is 7.78. The van der Waals surface area contributed by atoms with Crippen molar-refractivity contribution in [2.75, 3.05) is 6.61 Å². The van der Waals surface area contributed by atoms with Crippen LogP contribution < -0.4 is 0 Å². The fourth-order valence-corrected chi connectivity index (χ4v) is 11.0. The van der Waals surface area contributed by atoms with Gasteiger partial charge in [-0.15, -0.1) is 0 Å². The number of rotatable bonds is 4. The Morgan fingerprint density at radius 2 is 1.76 bits per heavy atom. The van der Waals surface area contributed by atoms with Crippen molar-refractivity contribution in [1.82, 2.24) is 0 Å². The van der Waals surface area contributed by atoms with E-state index in [1.165, 1.54) is 44.9 Å². The van der Waals surface area contributed by atoms with Crippen molar-refractivity contribution in [3.63, 3.8) is 0 Å². The van der Waals surface area contributed by atoms with Gasteiger partial charge in [0.05, 0.1) is 12.7 Å². The highest BCUT2D eigenvalue weighted by molar-refractivity contribution is 5.69. The van der Waals surface area contributed by atoms with Gasteiger partial charge in [-0.2, -0.15) is 0 Å². The Morgan fingerprint density at radius 1 is 0.973 bits per heavy atom. The van der Waals surface area contributed by atoms with Gasteiger partial charge < -0.3 is 14.2 Å². The molecular formula is C33H54O4. The van der Waals surface area contributed by atoms with Gasteiger partial charge in [-0.25, -0.2) is 0 Å². The molecule has 2 saturated heterocycles. The van der Waals surface area contributed by atoms with Crippen LogP contribution in [0.1, 0.15) is 119 Å². The minimum atomic E-state index is -0.305. The molecule has 0 N–H and O–H groups in total. The van der Waals surface area contributed by atoms with E-state index in [0.29, 0.717) is 52.9 Å². The molecule has 0 bridgehead atoms. The molecule has 0 unspecified atom stereocenters. The molecule has 6 fully saturated rings. The van der Waals surface area contributed by atoms with Gasteiger partial charge in [-0.05, 0) is 110 Å². The second-order valence-corrected chi connectivity index (χ2v) is 15.3. The van der Waals surface area contributed by atoms with Crippen LogP contribution in [0.5, 0.6) is 0 Å². The maximum absolute atomic E-state index is 12.5. The molecule has 2 aliphatic heterocycles. The molecule has 4 saturated carbocycles. The number of esters is 1. The third-order valence-electron chi connectivity index (χ3n) is 13.4. The maximum Gasteiger partial charge on any atom is 0.306 e. The van der Waals surface area contributed by atoms with Crippen molar-refractivity contribution < 1.29 is 19.0 Å². The van der Waals surface area contributed by atoms with Gasteiger partial charge in [0, 0.05) is 18.8 Å². The van der Waals surface area contributed by atoms with Gasteiger partial charge >= 0.3 is 5.97 Å². The second-order valence-electron chi connectivity index (χ2n) is 15.3. The number of ether oxygens (including phenoxy) is 3. The first kappa shape index (κ1) is 26.6. The van der Waals surface area contributed by atoms with Gasteiger partial charge in [0.1, 0.15) is 6.10 Å². The molecule has 210 valence electrons. The molecule has 37 heavy (non-hydrogen) atoms. The first-order valence-corrected chi connectivity index (χ1v) is 16.1. The van der Waals surface area contributed by atoms with Crippen molar-refractivity contribution in [1.29, 1.82) is 0 Å². The average Bonchev–Trinajstić information content (AvgIpc) is 3.31. The standard InChI is InChI=1S/C33H54O4/c1-7-20(2)16-29(34)36-24-11-13-31(5)23(17-24)8-9-25-26(31)12-14-32(6)27(25)18-28-30(32)22(4)33(37-28)15-10-21(3)19-35-33/h20-28,30H,7-19H2,1-6H3/t20-,21-,22-,23+,24+,25+,26-,27+,28-,30+,31-,32-,33+/m0/s1. The summed E-state index contributed by atoms with van der Waals surface area (Å²) in [6, 6.07) is 0. The number of fused-ring (bicyclic) bond motifs is 7. The number of hydrogen-bond donors (Lipinski definition) is 0. The minimum Gasteiger partial charge on any atom is -0.462 e. The van der Waals surface area contributed by atoms with Crippen molar-refractivity contribution >= 4 is 5.97 Å². The van der Waals surface area contributed by atoms with E-state index in [2.05, 4.69) is 41.5 Å². The molecule has 0 aromatic rings. The molecule has 13 atom stereocenters. The van der Waals surface area contributed by atoms with Crippen LogP contribution in [0.3, 0.4) is 0 Å². The van der Waals surface area contributed by atoms with Crippen LogP contribution in [0.25, 0.3) is 0 Å². The van der Waals surface area contributed by atoms with Crippen molar-refractivity contribution in [3.8, 4) is 0 Å². The van der Waals surface area contributed by atoms with Crippen LogP contribution in [0.4, 0.5) is 0 Å². The zero-order chi connectivity index (χ0) is 26.2. The van der Waals surface area contributed by atoms with Crippen LogP contribution in [-0.4, -0.2) is 30.6 Å². The smallest absolute Gasteiger partial charge is 0.306 e. The summed E-state index contributed by atoms with van der Waals surface area (Å²) in [5.41, 5.74) is 0.810. The molecule has 6 rings (SSSR count). The molecule has 6 aliphatic rings. The van der Waals surface area contributed by atoms with Crippen LogP contribution in [0, 0.1) is 58.2 Å². The Morgan fingerprint density at radius 3 is 2.49 bits per heavy atom. The van der Waals surface area contributed by atoms with Gasteiger partial charge in [-0.1, -0.05) is 48.0 Å². The number of hydrogen-bond acceptors (Lipinski definition) is 4. The summed E-state index contributed by atoms with van der Waals surface area (Å²) in [5, 5.41) is 0. The van der Waals surface area contributed by atoms with Gasteiger partial charge in [0.15, 0.2) is 5.79 Å². The Balaban J connectivity index is 1.13.